The largest absolute Gasteiger partial charge is 0.298 e. The van der Waals surface area contributed by atoms with Gasteiger partial charge < -0.3 is 0 Å². The molecule has 3 aromatic rings. The second-order valence-corrected chi connectivity index (χ2v) is 4.71. The summed E-state index contributed by atoms with van der Waals surface area (Å²) in [5.41, 5.74) is 3.10. The number of aryl methyl sites for hydroxylation is 1. The van der Waals surface area contributed by atoms with E-state index in [0.29, 0.717) is 22.1 Å². The second-order valence-electron chi connectivity index (χ2n) is 4.27. The Morgan fingerprint density at radius 3 is 2.68 bits per heavy atom. The van der Waals surface area contributed by atoms with Crippen LogP contribution in [-0.2, 0) is 0 Å². The number of fused-ring (bicyclic) bond motifs is 1. The third-order valence-corrected chi connectivity index (χ3v) is 3.20. The molecular formula is C14H10ClN3O. The van der Waals surface area contributed by atoms with E-state index in [2.05, 4.69) is 10.1 Å². The molecule has 0 bridgehead atoms. The molecule has 94 valence electrons. The Hall–Kier alpha value is -2.20. The summed E-state index contributed by atoms with van der Waals surface area (Å²) in [7, 11) is 0. The van der Waals surface area contributed by atoms with Crippen molar-refractivity contribution in [2.45, 2.75) is 6.92 Å². The minimum atomic E-state index is 0.610. The maximum atomic E-state index is 10.9. The summed E-state index contributed by atoms with van der Waals surface area (Å²) in [6, 6.07) is 9.17. The molecule has 0 radical (unpaired) electrons. The quantitative estimate of drug-likeness (QED) is 0.673. The van der Waals surface area contributed by atoms with Crippen LogP contribution in [0.1, 0.15) is 15.9 Å². The number of hydrogen-bond acceptors (Lipinski definition) is 3. The molecule has 0 amide bonds. The van der Waals surface area contributed by atoms with Crippen LogP contribution in [0, 0.1) is 6.92 Å². The molecular weight excluding hydrogens is 262 g/mol. The fourth-order valence-electron chi connectivity index (χ4n) is 1.88. The van der Waals surface area contributed by atoms with Gasteiger partial charge in [0.25, 0.3) is 0 Å². The van der Waals surface area contributed by atoms with E-state index < -0.39 is 0 Å². The van der Waals surface area contributed by atoms with Gasteiger partial charge in [0.2, 0.25) is 0 Å². The van der Waals surface area contributed by atoms with Gasteiger partial charge in [0, 0.05) is 22.3 Å². The van der Waals surface area contributed by atoms with Gasteiger partial charge in [-0.05, 0) is 42.8 Å². The van der Waals surface area contributed by atoms with Crippen molar-refractivity contribution < 1.29 is 4.79 Å². The van der Waals surface area contributed by atoms with E-state index in [4.69, 9.17) is 11.6 Å². The number of carbonyl (C=O) groups is 1. The fourth-order valence-corrected chi connectivity index (χ4v) is 2.01. The van der Waals surface area contributed by atoms with Crippen molar-refractivity contribution in [3.05, 3.63) is 52.7 Å². The highest BCUT2D eigenvalue weighted by molar-refractivity contribution is 6.30. The van der Waals surface area contributed by atoms with Crippen LogP contribution in [0.3, 0.4) is 0 Å². The van der Waals surface area contributed by atoms with Gasteiger partial charge >= 0.3 is 0 Å². The fraction of sp³-hybridized carbons (Fsp3) is 0.0714. The van der Waals surface area contributed by atoms with Gasteiger partial charge in [-0.2, -0.15) is 0 Å². The summed E-state index contributed by atoms with van der Waals surface area (Å²) in [5, 5.41) is 5.04. The molecule has 3 rings (SSSR count). The Morgan fingerprint density at radius 2 is 2.00 bits per heavy atom. The maximum absolute atomic E-state index is 10.9. The zero-order valence-corrected chi connectivity index (χ0v) is 10.9. The number of benzene rings is 1. The third kappa shape index (κ3) is 2.11. The van der Waals surface area contributed by atoms with Crippen LogP contribution in [0.4, 0.5) is 0 Å². The summed E-state index contributed by atoms with van der Waals surface area (Å²) in [6.45, 7) is 1.88. The van der Waals surface area contributed by atoms with Crippen molar-refractivity contribution in [1.82, 2.24) is 14.6 Å². The summed E-state index contributed by atoms with van der Waals surface area (Å²) in [5.74, 6) is 0.610. The average Bonchev–Trinajstić information content (AvgIpc) is 2.81. The van der Waals surface area contributed by atoms with Gasteiger partial charge in [-0.15, -0.1) is 5.10 Å². The van der Waals surface area contributed by atoms with Gasteiger partial charge in [0.1, 0.15) is 0 Å². The molecule has 0 aliphatic carbocycles. The van der Waals surface area contributed by atoms with Crippen molar-refractivity contribution in [3.63, 3.8) is 0 Å². The number of halogens is 1. The third-order valence-electron chi connectivity index (χ3n) is 2.95. The zero-order valence-electron chi connectivity index (χ0n) is 10.2. The Balaban J connectivity index is 2.16. The lowest BCUT2D eigenvalue weighted by Crippen LogP contribution is -1.94. The van der Waals surface area contributed by atoms with Crippen LogP contribution in [0.5, 0.6) is 0 Å². The molecule has 0 aliphatic heterocycles. The van der Waals surface area contributed by atoms with Crippen LogP contribution in [0.2, 0.25) is 5.02 Å². The molecule has 0 aliphatic rings. The minimum Gasteiger partial charge on any atom is -0.298 e. The first kappa shape index (κ1) is 11.9. The van der Waals surface area contributed by atoms with Crippen LogP contribution < -0.4 is 0 Å². The SMILES string of the molecule is Cc1cc2nc(-c3ccc(Cl)cc3)nn2cc1C=O. The molecule has 1 aromatic carbocycles. The van der Waals surface area contributed by atoms with Crippen molar-refractivity contribution in [2.75, 3.05) is 0 Å². The van der Waals surface area contributed by atoms with E-state index in [9.17, 15) is 4.79 Å². The van der Waals surface area contributed by atoms with Gasteiger partial charge in [0.15, 0.2) is 17.8 Å². The molecule has 2 heterocycles. The Labute approximate surface area is 114 Å². The maximum Gasteiger partial charge on any atom is 0.182 e. The van der Waals surface area contributed by atoms with Gasteiger partial charge in [-0.3, -0.25) is 4.79 Å². The first-order valence-electron chi connectivity index (χ1n) is 5.75. The smallest absolute Gasteiger partial charge is 0.182 e. The highest BCUT2D eigenvalue weighted by Gasteiger charge is 2.08. The van der Waals surface area contributed by atoms with Crippen LogP contribution >= 0.6 is 11.6 Å². The molecule has 0 fully saturated rings. The van der Waals surface area contributed by atoms with Crippen LogP contribution in [0.25, 0.3) is 17.0 Å². The lowest BCUT2D eigenvalue weighted by molar-refractivity contribution is 0.112. The lowest BCUT2D eigenvalue weighted by Gasteiger charge is -1.97. The summed E-state index contributed by atoms with van der Waals surface area (Å²) >= 11 is 5.85. The molecule has 0 saturated carbocycles. The van der Waals surface area contributed by atoms with E-state index in [0.717, 1.165) is 17.4 Å². The van der Waals surface area contributed by atoms with Crippen molar-refractivity contribution in [3.8, 4) is 11.4 Å². The summed E-state index contributed by atoms with van der Waals surface area (Å²) in [6.07, 6.45) is 2.50. The van der Waals surface area contributed by atoms with E-state index in [1.54, 1.807) is 22.8 Å². The standard InChI is InChI=1S/C14H10ClN3O/c1-9-6-13-16-14(10-2-4-12(15)5-3-10)17-18(13)7-11(9)8-19/h2-8H,1H3. The van der Waals surface area contributed by atoms with E-state index in [-0.39, 0.29) is 0 Å². The zero-order chi connectivity index (χ0) is 13.4. The number of pyridine rings is 1. The molecule has 0 atom stereocenters. The van der Waals surface area contributed by atoms with E-state index in [1.807, 2.05) is 25.1 Å². The summed E-state index contributed by atoms with van der Waals surface area (Å²) in [4.78, 5) is 15.4. The number of carbonyl (C=O) groups excluding carboxylic acids is 1. The van der Waals surface area contributed by atoms with Gasteiger partial charge in [-0.25, -0.2) is 9.50 Å². The molecule has 0 saturated heterocycles. The van der Waals surface area contributed by atoms with Gasteiger partial charge in [-0.1, -0.05) is 11.6 Å². The summed E-state index contributed by atoms with van der Waals surface area (Å²) < 4.78 is 1.61. The molecule has 19 heavy (non-hydrogen) atoms. The van der Waals surface area contributed by atoms with E-state index in [1.165, 1.54) is 0 Å². The lowest BCUT2D eigenvalue weighted by atomic mass is 10.2. The molecule has 4 nitrogen and oxygen atoms in total. The molecule has 0 unspecified atom stereocenters. The molecule has 0 spiro atoms. The highest BCUT2D eigenvalue weighted by Crippen LogP contribution is 2.19. The Bertz CT molecular complexity index is 762. The first-order valence-corrected chi connectivity index (χ1v) is 6.13. The molecule has 2 aromatic heterocycles. The van der Waals surface area contributed by atoms with Crippen molar-refractivity contribution in [2.24, 2.45) is 0 Å². The normalized spacial score (nSPS) is 10.8. The predicted octanol–water partition coefficient (Wildman–Crippen LogP) is 3.17. The van der Waals surface area contributed by atoms with Crippen molar-refractivity contribution in [1.29, 1.82) is 0 Å². The minimum absolute atomic E-state index is 0.610. The number of aldehydes is 1. The number of nitrogens with zero attached hydrogens (tertiary/aromatic N) is 3. The number of aromatic nitrogens is 3. The molecule has 0 N–H and O–H groups in total. The highest BCUT2D eigenvalue weighted by atomic mass is 35.5. The van der Waals surface area contributed by atoms with Crippen LogP contribution in [0.15, 0.2) is 36.5 Å². The number of hydrogen-bond donors (Lipinski definition) is 0. The Morgan fingerprint density at radius 1 is 1.26 bits per heavy atom. The van der Waals surface area contributed by atoms with Gasteiger partial charge in [0.05, 0.1) is 0 Å². The van der Waals surface area contributed by atoms with Crippen LogP contribution in [-0.4, -0.2) is 20.9 Å². The molecule has 5 heteroatoms. The van der Waals surface area contributed by atoms with E-state index >= 15 is 0 Å². The number of rotatable bonds is 2. The Kier molecular flexibility index (Phi) is 2.80. The topological polar surface area (TPSA) is 47.3 Å². The average molecular weight is 272 g/mol. The second kappa shape index (κ2) is 4.48. The first-order chi connectivity index (χ1) is 9.17. The van der Waals surface area contributed by atoms with Crippen molar-refractivity contribution >= 4 is 23.5 Å². The monoisotopic (exact) mass is 271 g/mol. The predicted molar refractivity (Wildman–Crippen MR) is 73.6 cm³/mol.